The number of hydrogen-bond donors (Lipinski definition) is 0. The van der Waals surface area contributed by atoms with E-state index in [0.717, 1.165) is 5.56 Å². The van der Waals surface area contributed by atoms with Gasteiger partial charge in [-0.2, -0.15) is 0 Å². The highest BCUT2D eigenvalue weighted by Crippen LogP contribution is 2.48. The molecule has 0 saturated heterocycles. The van der Waals surface area contributed by atoms with Gasteiger partial charge in [-0.1, -0.05) is 17.7 Å². The number of aryl methyl sites for hydroxylation is 1. The van der Waals surface area contributed by atoms with Crippen molar-refractivity contribution in [2.45, 2.75) is 20.3 Å². The standard InChI is InChI=1S/C13H20ClO4P/c1-4-17-19(15,18-5-2)9-8-11-6-7-13(16-3)12(14)10-11/h6-7,10H,4-5,8-9H2,1-3H3. The first-order valence-electron chi connectivity index (χ1n) is 6.25. The van der Waals surface area contributed by atoms with Crippen LogP contribution in [0.4, 0.5) is 0 Å². The van der Waals surface area contributed by atoms with Crippen LogP contribution in [-0.2, 0) is 20.0 Å². The van der Waals surface area contributed by atoms with Gasteiger partial charge in [-0.05, 0) is 38.0 Å². The topological polar surface area (TPSA) is 44.8 Å². The fourth-order valence-electron chi connectivity index (χ4n) is 1.69. The molecule has 0 N–H and O–H groups in total. The molecule has 108 valence electrons. The lowest BCUT2D eigenvalue weighted by molar-refractivity contribution is 0.220. The first-order chi connectivity index (χ1) is 9.04. The minimum atomic E-state index is -2.99. The van der Waals surface area contributed by atoms with Crippen LogP contribution in [-0.4, -0.2) is 26.5 Å². The summed E-state index contributed by atoms with van der Waals surface area (Å²) in [6.45, 7) is 4.35. The Hall–Kier alpha value is -0.540. The highest BCUT2D eigenvalue weighted by atomic mass is 35.5. The molecule has 4 nitrogen and oxygen atoms in total. The van der Waals surface area contributed by atoms with Gasteiger partial charge in [-0.15, -0.1) is 0 Å². The van der Waals surface area contributed by atoms with Crippen molar-refractivity contribution >= 4 is 19.2 Å². The SMILES string of the molecule is CCOP(=O)(CCc1ccc(OC)c(Cl)c1)OCC. The summed E-state index contributed by atoms with van der Waals surface area (Å²) in [6, 6.07) is 5.50. The maximum Gasteiger partial charge on any atom is 0.330 e. The third-order valence-electron chi connectivity index (χ3n) is 2.54. The van der Waals surface area contributed by atoms with Crippen LogP contribution < -0.4 is 4.74 Å². The van der Waals surface area contributed by atoms with Gasteiger partial charge in [-0.25, -0.2) is 0 Å². The largest absolute Gasteiger partial charge is 0.495 e. The summed E-state index contributed by atoms with van der Waals surface area (Å²) < 4.78 is 27.9. The van der Waals surface area contributed by atoms with Gasteiger partial charge in [0.25, 0.3) is 0 Å². The minimum absolute atomic E-state index is 0.345. The van der Waals surface area contributed by atoms with Gasteiger partial charge in [0.1, 0.15) is 5.75 Å². The quantitative estimate of drug-likeness (QED) is 0.677. The maximum atomic E-state index is 12.3. The molecule has 0 amide bonds. The molecule has 0 aliphatic heterocycles. The van der Waals surface area contributed by atoms with Crippen LogP contribution in [0.15, 0.2) is 18.2 Å². The van der Waals surface area contributed by atoms with Crippen LogP contribution in [0.2, 0.25) is 5.02 Å². The second kappa shape index (κ2) is 7.91. The van der Waals surface area contributed by atoms with Gasteiger partial charge < -0.3 is 13.8 Å². The van der Waals surface area contributed by atoms with Crippen LogP contribution in [0.1, 0.15) is 19.4 Å². The lowest BCUT2D eigenvalue weighted by Gasteiger charge is -2.17. The summed E-state index contributed by atoms with van der Waals surface area (Å²) >= 11 is 6.05. The zero-order chi connectivity index (χ0) is 14.3. The first-order valence-corrected chi connectivity index (χ1v) is 8.35. The lowest BCUT2D eigenvalue weighted by Crippen LogP contribution is -2.02. The third-order valence-corrected chi connectivity index (χ3v) is 4.91. The molecular formula is C13H20ClO4P. The average molecular weight is 307 g/mol. The molecule has 1 rings (SSSR count). The van der Waals surface area contributed by atoms with Crippen LogP contribution in [0.5, 0.6) is 5.75 Å². The van der Waals surface area contributed by atoms with Crippen LogP contribution in [0, 0.1) is 0 Å². The smallest absolute Gasteiger partial charge is 0.330 e. The molecular weight excluding hydrogens is 287 g/mol. The fraction of sp³-hybridized carbons (Fsp3) is 0.538. The Labute approximate surface area is 119 Å². The van der Waals surface area contributed by atoms with Crippen LogP contribution in [0.25, 0.3) is 0 Å². The molecule has 0 radical (unpaired) electrons. The van der Waals surface area contributed by atoms with Crippen molar-refractivity contribution < 1.29 is 18.3 Å². The van der Waals surface area contributed by atoms with E-state index in [1.54, 1.807) is 27.0 Å². The monoisotopic (exact) mass is 306 g/mol. The minimum Gasteiger partial charge on any atom is -0.495 e. The molecule has 0 aliphatic carbocycles. The molecule has 0 saturated carbocycles. The number of methoxy groups -OCH3 is 1. The molecule has 0 heterocycles. The molecule has 19 heavy (non-hydrogen) atoms. The molecule has 0 atom stereocenters. The van der Waals surface area contributed by atoms with E-state index >= 15 is 0 Å². The number of rotatable bonds is 8. The van der Waals surface area contributed by atoms with Crippen molar-refractivity contribution in [2.24, 2.45) is 0 Å². The summed E-state index contributed by atoms with van der Waals surface area (Å²) in [7, 11) is -1.42. The van der Waals surface area contributed by atoms with E-state index in [0.29, 0.717) is 36.6 Å². The Bertz CT molecular complexity index is 440. The van der Waals surface area contributed by atoms with E-state index in [9.17, 15) is 4.57 Å². The van der Waals surface area contributed by atoms with Gasteiger partial charge >= 0.3 is 7.60 Å². The van der Waals surface area contributed by atoms with E-state index in [2.05, 4.69) is 0 Å². The van der Waals surface area contributed by atoms with Gasteiger partial charge in [0.05, 0.1) is 31.5 Å². The molecule has 6 heteroatoms. The van der Waals surface area contributed by atoms with Crippen LogP contribution >= 0.6 is 19.2 Å². The Kier molecular flexibility index (Phi) is 6.87. The van der Waals surface area contributed by atoms with Gasteiger partial charge in [-0.3, -0.25) is 4.57 Å². The van der Waals surface area contributed by atoms with E-state index in [4.69, 9.17) is 25.4 Å². The van der Waals surface area contributed by atoms with Gasteiger partial charge in [0.15, 0.2) is 0 Å². The number of hydrogen-bond acceptors (Lipinski definition) is 4. The first kappa shape index (κ1) is 16.5. The zero-order valence-electron chi connectivity index (χ0n) is 11.5. The molecule has 1 aromatic rings. The molecule has 0 unspecified atom stereocenters. The summed E-state index contributed by atoms with van der Waals surface area (Å²) in [5.41, 5.74) is 0.977. The average Bonchev–Trinajstić information content (AvgIpc) is 2.37. The molecule has 0 spiro atoms. The van der Waals surface area contributed by atoms with E-state index in [1.807, 2.05) is 12.1 Å². The second-order valence-electron chi connectivity index (χ2n) is 3.89. The van der Waals surface area contributed by atoms with Gasteiger partial charge in [0.2, 0.25) is 0 Å². The van der Waals surface area contributed by atoms with Crippen molar-refractivity contribution in [3.63, 3.8) is 0 Å². The Morgan fingerprint density at radius 1 is 1.21 bits per heavy atom. The van der Waals surface area contributed by atoms with Crippen LogP contribution in [0.3, 0.4) is 0 Å². The third kappa shape index (κ3) is 5.15. The van der Waals surface area contributed by atoms with E-state index < -0.39 is 7.60 Å². The molecule has 0 bridgehead atoms. The van der Waals surface area contributed by atoms with Crippen molar-refractivity contribution in [3.05, 3.63) is 28.8 Å². The highest BCUT2D eigenvalue weighted by Gasteiger charge is 2.23. The number of ether oxygens (including phenoxy) is 1. The Morgan fingerprint density at radius 2 is 1.84 bits per heavy atom. The van der Waals surface area contributed by atoms with Crippen molar-refractivity contribution in [1.29, 1.82) is 0 Å². The maximum absolute atomic E-state index is 12.3. The van der Waals surface area contributed by atoms with Crippen molar-refractivity contribution in [1.82, 2.24) is 0 Å². The Morgan fingerprint density at radius 3 is 2.32 bits per heavy atom. The normalized spacial score (nSPS) is 11.6. The summed E-state index contributed by atoms with van der Waals surface area (Å²) in [4.78, 5) is 0. The number of halogens is 1. The molecule has 0 fully saturated rings. The Balaban J connectivity index is 2.69. The van der Waals surface area contributed by atoms with E-state index in [1.165, 1.54) is 0 Å². The summed E-state index contributed by atoms with van der Waals surface area (Å²) in [5, 5.41) is 0.544. The summed E-state index contributed by atoms with van der Waals surface area (Å²) in [6.07, 6.45) is 0.929. The van der Waals surface area contributed by atoms with Gasteiger partial charge in [0, 0.05) is 0 Å². The molecule has 0 aliphatic rings. The zero-order valence-corrected chi connectivity index (χ0v) is 13.2. The van der Waals surface area contributed by atoms with E-state index in [-0.39, 0.29) is 0 Å². The predicted octanol–water partition coefficient (Wildman–Crippen LogP) is 4.16. The lowest BCUT2D eigenvalue weighted by atomic mass is 10.2. The van der Waals surface area contributed by atoms with Crippen molar-refractivity contribution in [3.8, 4) is 5.75 Å². The highest BCUT2D eigenvalue weighted by molar-refractivity contribution is 7.53. The second-order valence-corrected chi connectivity index (χ2v) is 6.48. The molecule has 1 aromatic carbocycles. The number of benzene rings is 1. The molecule has 0 aromatic heterocycles. The fourth-order valence-corrected chi connectivity index (χ4v) is 3.62. The predicted molar refractivity (Wildman–Crippen MR) is 77.4 cm³/mol. The summed E-state index contributed by atoms with van der Waals surface area (Å²) in [5.74, 6) is 0.628. The van der Waals surface area contributed by atoms with Crippen molar-refractivity contribution in [2.75, 3.05) is 26.5 Å².